The molecule has 0 unspecified atom stereocenters. The maximum Gasteiger partial charge on any atom is 0.263 e. The molecular formula is C18H16ClNO. The van der Waals surface area contributed by atoms with E-state index in [-0.39, 0.29) is 5.56 Å². The number of aromatic nitrogens is 1. The van der Waals surface area contributed by atoms with Gasteiger partial charge in [-0.2, -0.15) is 0 Å². The van der Waals surface area contributed by atoms with E-state index in [9.17, 15) is 4.79 Å². The van der Waals surface area contributed by atoms with Crippen LogP contribution in [0.1, 0.15) is 19.5 Å². The van der Waals surface area contributed by atoms with Crippen LogP contribution in [0.2, 0.25) is 0 Å². The van der Waals surface area contributed by atoms with Crippen molar-refractivity contribution in [2.24, 2.45) is 0 Å². The second-order valence-corrected chi connectivity index (χ2v) is 6.51. The van der Waals surface area contributed by atoms with E-state index in [0.29, 0.717) is 5.39 Å². The fourth-order valence-electron chi connectivity index (χ4n) is 2.53. The van der Waals surface area contributed by atoms with Crippen LogP contribution in [0.15, 0.2) is 65.5 Å². The third-order valence-electron chi connectivity index (χ3n) is 3.55. The van der Waals surface area contributed by atoms with E-state index in [1.54, 1.807) is 4.57 Å². The standard InChI is InChI=1S/C18H16ClNO/c1-18(2,19)16-12-13-8-6-7-11-15(13)17(21)20(16)14-9-4-3-5-10-14/h3-12H,1-2H3. The Morgan fingerprint density at radius 2 is 1.57 bits per heavy atom. The summed E-state index contributed by atoms with van der Waals surface area (Å²) in [7, 11) is 0. The quantitative estimate of drug-likeness (QED) is 0.640. The number of alkyl halides is 1. The fourth-order valence-corrected chi connectivity index (χ4v) is 2.67. The minimum Gasteiger partial charge on any atom is -0.279 e. The Kier molecular flexibility index (Phi) is 3.34. The summed E-state index contributed by atoms with van der Waals surface area (Å²) in [5, 5.41) is 1.62. The highest BCUT2D eigenvalue weighted by molar-refractivity contribution is 6.23. The van der Waals surface area contributed by atoms with Crippen LogP contribution < -0.4 is 5.56 Å². The van der Waals surface area contributed by atoms with E-state index < -0.39 is 4.87 Å². The lowest BCUT2D eigenvalue weighted by Gasteiger charge is -2.23. The van der Waals surface area contributed by atoms with E-state index in [0.717, 1.165) is 16.8 Å². The van der Waals surface area contributed by atoms with Crippen LogP contribution in [0.3, 0.4) is 0 Å². The number of pyridine rings is 1. The summed E-state index contributed by atoms with van der Waals surface area (Å²) in [4.78, 5) is 12.3. The van der Waals surface area contributed by atoms with Gasteiger partial charge in [0.25, 0.3) is 5.56 Å². The molecule has 2 nitrogen and oxygen atoms in total. The summed E-state index contributed by atoms with van der Waals surface area (Å²) < 4.78 is 1.70. The predicted octanol–water partition coefficient (Wildman–Crippen LogP) is 4.46. The van der Waals surface area contributed by atoms with E-state index >= 15 is 0 Å². The Bertz CT molecular complexity index is 844. The summed E-state index contributed by atoms with van der Waals surface area (Å²) in [5.41, 5.74) is 1.58. The Balaban J connectivity index is 2.46. The molecule has 3 aromatic rings. The van der Waals surface area contributed by atoms with Gasteiger partial charge in [0.1, 0.15) is 0 Å². The van der Waals surface area contributed by atoms with Gasteiger partial charge >= 0.3 is 0 Å². The van der Waals surface area contributed by atoms with Gasteiger partial charge in [0.05, 0.1) is 4.87 Å². The molecule has 0 saturated heterocycles. The zero-order chi connectivity index (χ0) is 15.0. The molecule has 0 saturated carbocycles. The number of halogens is 1. The van der Waals surface area contributed by atoms with Crippen molar-refractivity contribution >= 4 is 22.4 Å². The Morgan fingerprint density at radius 1 is 0.952 bits per heavy atom. The van der Waals surface area contributed by atoms with Crippen LogP contribution in [0.4, 0.5) is 0 Å². The highest BCUT2D eigenvalue weighted by Crippen LogP contribution is 2.30. The molecule has 2 aromatic carbocycles. The number of benzene rings is 2. The summed E-state index contributed by atoms with van der Waals surface area (Å²) in [6.45, 7) is 3.80. The van der Waals surface area contributed by atoms with Gasteiger partial charge in [-0.05, 0) is 43.5 Å². The van der Waals surface area contributed by atoms with E-state index in [2.05, 4.69) is 0 Å². The van der Waals surface area contributed by atoms with Gasteiger partial charge in [-0.1, -0.05) is 36.4 Å². The number of hydrogen-bond acceptors (Lipinski definition) is 1. The van der Waals surface area contributed by atoms with Gasteiger partial charge in [-0.3, -0.25) is 9.36 Å². The lowest BCUT2D eigenvalue weighted by Crippen LogP contribution is -2.27. The molecule has 3 rings (SSSR count). The zero-order valence-electron chi connectivity index (χ0n) is 12.0. The topological polar surface area (TPSA) is 22.0 Å². The molecule has 106 valence electrons. The Labute approximate surface area is 128 Å². The first kappa shape index (κ1) is 13.9. The monoisotopic (exact) mass is 297 g/mol. The fraction of sp³-hybridized carbons (Fsp3) is 0.167. The number of para-hydroxylation sites is 1. The van der Waals surface area contributed by atoms with Crippen LogP contribution in [0, 0.1) is 0 Å². The molecule has 0 aliphatic heterocycles. The van der Waals surface area contributed by atoms with Crippen molar-refractivity contribution in [3.63, 3.8) is 0 Å². The number of rotatable bonds is 2. The van der Waals surface area contributed by atoms with Crippen LogP contribution in [-0.2, 0) is 4.87 Å². The van der Waals surface area contributed by atoms with Crippen LogP contribution in [0.25, 0.3) is 16.5 Å². The minimum absolute atomic E-state index is 0.0389. The van der Waals surface area contributed by atoms with Crippen molar-refractivity contribution in [3.8, 4) is 5.69 Å². The molecule has 3 heteroatoms. The molecule has 21 heavy (non-hydrogen) atoms. The summed E-state index contributed by atoms with van der Waals surface area (Å²) >= 11 is 6.53. The highest BCUT2D eigenvalue weighted by Gasteiger charge is 2.23. The number of nitrogens with zero attached hydrogens (tertiary/aromatic N) is 1. The largest absolute Gasteiger partial charge is 0.279 e. The predicted molar refractivity (Wildman–Crippen MR) is 88.4 cm³/mol. The van der Waals surface area contributed by atoms with Gasteiger partial charge in [-0.25, -0.2) is 0 Å². The minimum atomic E-state index is -0.640. The molecular weight excluding hydrogens is 282 g/mol. The van der Waals surface area contributed by atoms with Gasteiger partial charge in [0.2, 0.25) is 0 Å². The van der Waals surface area contributed by atoms with Gasteiger partial charge in [0.15, 0.2) is 0 Å². The normalized spacial score (nSPS) is 11.8. The molecule has 1 heterocycles. The van der Waals surface area contributed by atoms with Crippen LogP contribution >= 0.6 is 11.6 Å². The molecule has 0 radical (unpaired) electrons. The van der Waals surface area contributed by atoms with Crippen molar-refractivity contribution in [2.75, 3.05) is 0 Å². The van der Waals surface area contributed by atoms with Crippen molar-refractivity contribution in [1.82, 2.24) is 4.57 Å². The lowest BCUT2D eigenvalue weighted by molar-refractivity contribution is 0.692. The van der Waals surface area contributed by atoms with E-state index in [4.69, 9.17) is 11.6 Å². The highest BCUT2D eigenvalue weighted by atomic mass is 35.5. The SMILES string of the molecule is CC(C)(Cl)c1cc2ccccc2c(=O)n1-c1ccccc1. The second-order valence-electron chi connectivity index (χ2n) is 5.57. The molecule has 0 atom stereocenters. The molecule has 0 bridgehead atoms. The van der Waals surface area contributed by atoms with Crippen molar-refractivity contribution in [3.05, 3.63) is 76.7 Å². The average Bonchev–Trinajstić information content (AvgIpc) is 2.47. The molecule has 1 aromatic heterocycles. The average molecular weight is 298 g/mol. The molecule has 0 aliphatic carbocycles. The molecule has 0 fully saturated rings. The summed E-state index contributed by atoms with van der Waals surface area (Å²) in [6, 6.07) is 19.2. The first-order chi connectivity index (χ1) is 9.98. The third-order valence-corrected chi connectivity index (χ3v) is 3.74. The summed E-state index contributed by atoms with van der Waals surface area (Å²) in [5.74, 6) is 0. The third kappa shape index (κ3) is 2.47. The van der Waals surface area contributed by atoms with Crippen molar-refractivity contribution in [2.45, 2.75) is 18.7 Å². The van der Waals surface area contributed by atoms with Crippen molar-refractivity contribution in [1.29, 1.82) is 0 Å². The first-order valence-electron chi connectivity index (χ1n) is 6.88. The smallest absolute Gasteiger partial charge is 0.263 e. The molecule has 0 aliphatic rings. The first-order valence-corrected chi connectivity index (χ1v) is 7.26. The maximum absolute atomic E-state index is 12.9. The van der Waals surface area contributed by atoms with Gasteiger partial charge in [-0.15, -0.1) is 11.6 Å². The van der Waals surface area contributed by atoms with E-state index in [1.807, 2.05) is 74.5 Å². The Morgan fingerprint density at radius 3 is 2.24 bits per heavy atom. The maximum atomic E-state index is 12.9. The van der Waals surface area contributed by atoms with Gasteiger partial charge in [0, 0.05) is 16.8 Å². The second kappa shape index (κ2) is 5.05. The van der Waals surface area contributed by atoms with E-state index in [1.165, 1.54) is 0 Å². The zero-order valence-corrected chi connectivity index (χ0v) is 12.8. The van der Waals surface area contributed by atoms with Crippen LogP contribution in [-0.4, -0.2) is 4.57 Å². The number of hydrogen-bond donors (Lipinski definition) is 0. The molecule has 0 amide bonds. The molecule has 0 spiro atoms. The molecule has 0 N–H and O–H groups in total. The number of fused-ring (bicyclic) bond motifs is 1. The van der Waals surface area contributed by atoms with Gasteiger partial charge < -0.3 is 0 Å². The summed E-state index contributed by atoms with van der Waals surface area (Å²) in [6.07, 6.45) is 0. The Hall–Kier alpha value is -2.06. The van der Waals surface area contributed by atoms with Crippen LogP contribution in [0.5, 0.6) is 0 Å². The van der Waals surface area contributed by atoms with Crippen molar-refractivity contribution < 1.29 is 0 Å². The lowest BCUT2D eigenvalue weighted by atomic mass is 10.0.